The molecule has 1 fully saturated rings. The lowest BCUT2D eigenvalue weighted by Crippen LogP contribution is -1.99. The van der Waals surface area contributed by atoms with Crippen molar-refractivity contribution in [2.24, 2.45) is 12.5 Å². The van der Waals surface area contributed by atoms with Gasteiger partial charge in [0.15, 0.2) is 11.6 Å². The molecular formula is C10H16FN3. The molecule has 0 aliphatic heterocycles. The maximum absolute atomic E-state index is 13.4. The van der Waals surface area contributed by atoms with Gasteiger partial charge in [-0.25, -0.2) is 4.39 Å². The zero-order chi connectivity index (χ0) is 10.3. The van der Waals surface area contributed by atoms with Crippen molar-refractivity contribution in [3.05, 3.63) is 11.5 Å². The first-order valence-corrected chi connectivity index (χ1v) is 4.99. The Kier molecular flexibility index (Phi) is 2.01. The number of aryl methyl sites for hydroxylation is 2. The van der Waals surface area contributed by atoms with Crippen molar-refractivity contribution in [2.75, 3.05) is 5.73 Å². The van der Waals surface area contributed by atoms with Crippen LogP contribution in [0.5, 0.6) is 0 Å². The Morgan fingerprint density at radius 1 is 1.57 bits per heavy atom. The van der Waals surface area contributed by atoms with Crippen LogP contribution in [0, 0.1) is 11.2 Å². The number of rotatable bonds is 3. The van der Waals surface area contributed by atoms with E-state index in [4.69, 9.17) is 5.73 Å². The molecule has 1 aliphatic rings. The second kappa shape index (κ2) is 2.97. The lowest BCUT2D eigenvalue weighted by Gasteiger charge is -2.04. The van der Waals surface area contributed by atoms with E-state index >= 15 is 0 Å². The Morgan fingerprint density at radius 3 is 2.64 bits per heavy atom. The summed E-state index contributed by atoms with van der Waals surface area (Å²) in [5.41, 5.74) is 6.44. The molecule has 2 rings (SSSR count). The summed E-state index contributed by atoms with van der Waals surface area (Å²) in [7, 11) is 1.67. The molecule has 14 heavy (non-hydrogen) atoms. The lowest BCUT2D eigenvalue weighted by atomic mass is 10.0. The maximum atomic E-state index is 13.4. The van der Waals surface area contributed by atoms with Gasteiger partial charge in [-0.3, -0.25) is 4.68 Å². The monoisotopic (exact) mass is 197 g/mol. The fourth-order valence-electron chi connectivity index (χ4n) is 1.61. The average Bonchev–Trinajstić information content (AvgIpc) is 2.83. The number of hydrogen-bond donors (Lipinski definition) is 1. The zero-order valence-electron chi connectivity index (χ0n) is 8.68. The van der Waals surface area contributed by atoms with E-state index in [1.165, 1.54) is 17.5 Å². The smallest absolute Gasteiger partial charge is 0.188 e. The lowest BCUT2D eigenvalue weighted by molar-refractivity contribution is 0.502. The number of halogens is 1. The molecule has 0 atom stereocenters. The number of hydrogen-bond acceptors (Lipinski definition) is 2. The van der Waals surface area contributed by atoms with Gasteiger partial charge in [0, 0.05) is 7.05 Å². The fraction of sp³-hybridized carbons (Fsp3) is 0.700. The second-order valence-electron chi connectivity index (χ2n) is 4.58. The first-order valence-electron chi connectivity index (χ1n) is 4.99. The fourth-order valence-corrected chi connectivity index (χ4v) is 1.61. The number of nitrogen functional groups attached to an aromatic ring is 1. The van der Waals surface area contributed by atoms with E-state index in [1.807, 2.05) is 0 Å². The molecule has 0 spiro atoms. The molecule has 0 radical (unpaired) electrons. The second-order valence-corrected chi connectivity index (χ2v) is 4.58. The van der Waals surface area contributed by atoms with Crippen molar-refractivity contribution >= 4 is 5.82 Å². The average molecular weight is 197 g/mol. The highest BCUT2D eigenvalue weighted by molar-refractivity contribution is 5.33. The molecule has 1 aliphatic carbocycles. The van der Waals surface area contributed by atoms with Crippen molar-refractivity contribution < 1.29 is 4.39 Å². The first kappa shape index (κ1) is 9.49. The van der Waals surface area contributed by atoms with Gasteiger partial charge in [-0.2, -0.15) is 5.10 Å². The predicted molar refractivity (Wildman–Crippen MR) is 53.2 cm³/mol. The van der Waals surface area contributed by atoms with Crippen LogP contribution < -0.4 is 5.73 Å². The Hall–Kier alpha value is -1.06. The molecule has 0 saturated heterocycles. The number of anilines is 1. The molecule has 2 N–H and O–H groups in total. The van der Waals surface area contributed by atoms with Crippen LogP contribution in [0.2, 0.25) is 0 Å². The van der Waals surface area contributed by atoms with Gasteiger partial charge >= 0.3 is 0 Å². The van der Waals surface area contributed by atoms with E-state index in [9.17, 15) is 4.39 Å². The molecule has 0 unspecified atom stereocenters. The predicted octanol–water partition coefficient (Wildman–Crippen LogP) is 1.87. The van der Waals surface area contributed by atoms with Crippen LogP contribution in [0.1, 0.15) is 31.9 Å². The van der Waals surface area contributed by atoms with Crippen molar-refractivity contribution in [1.82, 2.24) is 9.78 Å². The van der Waals surface area contributed by atoms with E-state index in [1.54, 1.807) is 7.05 Å². The first-order chi connectivity index (χ1) is 6.52. The van der Waals surface area contributed by atoms with Gasteiger partial charge in [0.1, 0.15) is 5.69 Å². The third-order valence-electron chi connectivity index (χ3n) is 3.17. The van der Waals surface area contributed by atoms with Crippen LogP contribution >= 0.6 is 0 Å². The minimum Gasteiger partial charge on any atom is -0.381 e. The van der Waals surface area contributed by atoms with Crippen LogP contribution in [-0.4, -0.2) is 9.78 Å². The maximum Gasteiger partial charge on any atom is 0.188 e. The van der Waals surface area contributed by atoms with Crippen LogP contribution in [0.3, 0.4) is 0 Å². The largest absolute Gasteiger partial charge is 0.381 e. The molecule has 1 heterocycles. The van der Waals surface area contributed by atoms with E-state index in [0.29, 0.717) is 17.5 Å². The molecular weight excluding hydrogens is 181 g/mol. The Labute approximate surface area is 83.1 Å². The van der Waals surface area contributed by atoms with E-state index in [-0.39, 0.29) is 11.6 Å². The summed E-state index contributed by atoms with van der Waals surface area (Å²) in [6, 6.07) is 0. The molecule has 0 aromatic carbocycles. The van der Waals surface area contributed by atoms with E-state index in [0.717, 1.165) is 6.42 Å². The Bertz CT molecular complexity index is 352. The van der Waals surface area contributed by atoms with Gasteiger partial charge < -0.3 is 5.73 Å². The third kappa shape index (κ3) is 1.61. The standard InChI is InChI=1S/C10H16FN3/c1-10(5-6-10)4-3-7-8(11)9(12)14(2)13-7/h3-6,12H2,1-2H3. The molecule has 1 aromatic rings. The third-order valence-corrected chi connectivity index (χ3v) is 3.17. The van der Waals surface area contributed by atoms with Crippen molar-refractivity contribution in [3.8, 4) is 0 Å². The number of aromatic nitrogens is 2. The van der Waals surface area contributed by atoms with Crippen LogP contribution in [0.25, 0.3) is 0 Å². The Balaban J connectivity index is 2.05. The Morgan fingerprint density at radius 2 is 2.21 bits per heavy atom. The highest BCUT2D eigenvalue weighted by Gasteiger charge is 2.36. The molecule has 4 heteroatoms. The summed E-state index contributed by atoms with van der Waals surface area (Å²) in [5, 5.41) is 4.06. The molecule has 0 bridgehead atoms. The SMILES string of the molecule is Cn1nc(CCC2(C)CC2)c(F)c1N. The highest BCUT2D eigenvalue weighted by atomic mass is 19.1. The highest BCUT2D eigenvalue weighted by Crippen LogP contribution is 2.48. The van der Waals surface area contributed by atoms with Gasteiger partial charge in [-0.05, 0) is 31.1 Å². The number of nitrogens with zero attached hydrogens (tertiary/aromatic N) is 2. The van der Waals surface area contributed by atoms with Gasteiger partial charge in [0.2, 0.25) is 0 Å². The van der Waals surface area contributed by atoms with Gasteiger partial charge in [0.25, 0.3) is 0 Å². The molecule has 78 valence electrons. The number of nitrogens with two attached hydrogens (primary N) is 1. The summed E-state index contributed by atoms with van der Waals surface area (Å²) < 4.78 is 14.8. The van der Waals surface area contributed by atoms with Gasteiger partial charge in [-0.15, -0.1) is 0 Å². The van der Waals surface area contributed by atoms with E-state index < -0.39 is 0 Å². The zero-order valence-corrected chi connectivity index (χ0v) is 8.68. The normalized spacial score (nSPS) is 18.5. The summed E-state index contributed by atoms with van der Waals surface area (Å²) in [5.74, 6) is -0.197. The summed E-state index contributed by atoms with van der Waals surface area (Å²) in [6.45, 7) is 2.23. The van der Waals surface area contributed by atoms with E-state index in [2.05, 4.69) is 12.0 Å². The molecule has 0 amide bonds. The topological polar surface area (TPSA) is 43.8 Å². The van der Waals surface area contributed by atoms with Crippen LogP contribution in [0.4, 0.5) is 10.2 Å². The minimum absolute atomic E-state index is 0.140. The van der Waals surface area contributed by atoms with Gasteiger partial charge in [0.05, 0.1) is 0 Å². The quantitative estimate of drug-likeness (QED) is 0.804. The summed E-state index contributed by atoms with van der Waals surface area (Å²) in [6.07, 6.45) is 4.24. The van der Waals surface area contributed by atoms with Crippen molar-refractivity contribution in [2.45, 2.75) is 32.6 Å². The van der Waals surface area contributed by atoms with Crippen LogP contribution in [0.15, 0.2) is 0 Å². The summed E-state index contributed by atoms with van der Waals surface area (Å²) in [4.78, 5) is 0. The summed E-state index contributed by atoms with van der Waals surface area (Å²) >= 11 is 0. The van der Waals surface area contributed by atoms with Crippen molar-refractivity contribution in [1.29, 1.82) is 0 Å². The minimum atomic E-state index is -0.336. The molecule has 1 aromatic heterocycles. The molecule has 1 saturated carbocycles. The van der Waals surface area contributed by atoms with Crippen LogP contribution in [-0.2, 0) is 13.5 Å². The molecule has 3 nitrogen and oxygen atoms in total. The van der Waals surface area contributed by atoms with Crippen molar-refractivity contribution in [3.63, 3.8) is 0 Å². The van der Waals surface area contributed by atoms with Gasteiger partial charge in [-0.1, -0.05) is 6.92 Å².